The summed E-state index contributed by atoms with van der Waals surface area (Å²) in [5, 5.41) is 14.8. The molecule has 5 N–H and O–H groups in total. The van der Waals surface area contributed by atoms with Crippen molar-refractivity contribution in [3.8, 4) is 0 Å². The van der Waals surface area contributed by atoms with Crippen molar-refractivity contribution >= 4 is 64.8 Å². The van der Waals surface area contributed by atoms with Gasteiger partial charge in [0.25, 0.3) is 0 Å². The number of hydrogen-bond acceptors (Lipinski definition) is 9. The van der Waals surface area contributed by atoms with Gasteiger partial charge in [0, 0.05) is 48.0 Å². The van der Waals surface area contributed by atoms with E-state index in [1.54, 1.807) is 27.7 Å². The van der Waals surface area contributed by atoms with Crippen LogP contribution in [0, 0.1) is 0 Å². The molecule has 14 heteroatoms. The summed E-state index contributed by atoms with van der Waals surface area (Å²) in [6.07, 6.45) is -0.114. The number of thioether (sulfide) groups is 3. The summed E-state index contributed by atoms with van der Waals surface area (Å²) in [6.45, 7) is 6.89. The molecule has 5 aromatic carbocycles. The first-order valence-corrected chi connectivity index (χ1v) is 26.2. The van der Waals surface area contributed by atoms with Crippen LogP contribution in [-0.4, -0.2) is 82.6 Å². The first-order valence-electron chi connectivity index (χ1n) is 22.8. The molecule has 0 aromatic heterocycles. The van der Waals surface area contributed by atoms with Gasteiger partial charge in [0.2, 0.25) is 29.5 Å². The fraction of sp³-hybridized carbons (Fsp3) is 0.352. The van der Waals surface area contributed by atoms with E-state index in [-0.39, 0.29) is 36.2 Å². The normalized spacial score (nSPS) is 14.7. The van der Waals surface area contributed by atoms with E-state index in [4.69, 9.17) is 4.74 Å². The molecule has 0 heterocycles. The molecule has 0 aliphatic carbocycles. The molecule has 0 spiro atoms. The SMILES string of the molecule is CNC(=O)[C@@H](NC(=O)[C@](C)(CSCc1ccccc1)NC(=O)[C@](C)(CSCc1ccccc1)NC(=O)[C@](C)(CSCc1ccccc1)NC(=O)CCc1ccccc1)[C@H](C)OCc1ccccc1. The Balaban J connectivity index is 1.43. The molecule has 0 unspecified atom stereocenters. The summed E-state index contributed by atoms with van der Waals surface area (Å²) in [4.78, 5) is 72.0. The lowest BCUT2D eigenvalue weighted by Gasteiger charge is -2.39. The Kier molecular flexibility index (Phi) is 21.1. The summed E-state index contributed by atoms with van der Waals surface area (Å²) in [7, 11) is 1.49. The first-order chi connectivity index (χ1) is 32.7. The van der Waals surface area contributed by atoms with Crippen molar-refractivity contribution in [1.82, 2.24) is 26.6 Å². The molecule has 0 aliphatic rings. The van der Waals surface area contributed by atoms with Gasteiger partial charge in [-0.2, -0.15) is 35.3 Å². The zero-order chi connectivity index (χ0) is 48.8. The number of likely N-dealkylation sites (N-methyl/N-ethyl adjacent to an activating group) is 1. The van der Waals surface area contributed by atoms with Crippen molar-refractivity contribution in [3.63, 3.8) is 0 Å². The molecule has 5 rings (SSSR count). The van der Waals surface area contributed by atoms with Gasteiger partial charge in [-0.25, -0.2) is 0 Å². The summed E-state index contributed by atoms with van der Waals surface area (Å²) in [5.41, 5.74) is 0.383. The van der Waals surface area contributed by atoms with Crippen molar-refractivity contribution in [1.29, 1.82) is 0 Å². The summed E-state index contributed by atoms with van der Waals surface area (Å²) in [5.74, 6) is -0.400. The van der Waals surface area contributed by atoms with Gasteiger partial charge >= 0.3 is 0 Å². The zero-order valence-corrected chi connectivity index (χ0v) is 42.1. The summed E-state index contributed by atoms with van der Waals surface area (Å²) in [6, 6.07) is 47.6. The van der Waals surface area contributed by atoms with Crippen LogP contribution in [-0.2, 0) is 59.0 Å². The summed E-state index contributed by atoms with van der Waals surface area (Å²) >= 11 is 4.41. The number of nitrogens with one attached hydrogen (secondary N) is 5. The monoisotopic (exact) mass is 975 g/mol. The highest BCUT2D eigenvalue weighted by molar-refractivity contribution is 7.99. The zero-order valence-electron chi connectivity index (χ0n) is 39.6. The van der Waals surface area contributed by atoms with Crippen molar-refractivity contribution in [2.24, 2.45) is 0 Å². The second-order valence-electron chi connectivity index (χ2n) is 17.4. The van der Waals surface area contributed by atoms with Gasteiger partial charge in [-0.1, -0.05) is 152 Å². The van der Waals surface area contributed by atoms with Crippen LogP contribution in [0.4, 0.5) is 0 Å². The molecular formula is C54H65N5O6S3. The predicted molar refractivity (Wildman–Crippen MR) is 279 cm³/mol. The van der Waals surface area contributed by atoms with Crippen molar-refractivity contribution in [2.75, 3.05) is 24.3 Å². The van der Waals surface area contributed by atoms with E-state index in [0.717, 1.165) is 27.8 Å². The second kappa shape index (κ2) is 26.9. The average Bonchev–Trinajstić information content (AvgIpc) is 3.35. The quantitative estimate of drug-likeness (QED) is 0.0354. The number of aryl methyl sites for hydroxylation is 1. The van der Waals surface area contributed by atoms with E-state index >= 15 is 4.79 Å². The van der Waals surface area contributed by atoms with Gasteiger partial charge in [-0.05, 0) is 61.9 Å². The van der Waals surface area contributed by atoms with Crippen LogP contribution in [0.1, 0.15) is 61.9 Å². The maximum absolute atomic E-state index is 15.1. The fourth-order valence-corrected chi connectivity index (χ4v) is 10.5. The second-order valence-corrected chi connectivity index (χ2v) is 20.4. The standard InChI is InChI=1S/C54H65N5O6S3/c1-40(65-33-42-23-13-7-14-24-42)47(48(61)55-5)56-49(62)52(2,37-66-34-43-25-15-8-16-26-43)58-51(64)54(4,39-68-36-45-29-19-10-20-30-45)59-50(63)53(3,38-67-35-44-27-17-9-18-28-44)57-46(60)32-31-41-21-11-6-12-22-41/h6-30,40,47H,31-39H2,1-5H3,(H,55,61)(H,56,62)(H,57,60)(H,58,64)(H,59,63)/t40-,47-,52-,53-,54-/m0/s1. The first kappa shape index (κ1) is 53.4. The topological polar surface area (TPSA) is 155 Å². The van der Waals surface area contributed by atoms with Crippen molar-refractivity contribution in [3.05, 3.63) is 179 Å². The van der Waals surface area contributed by atoms with Crippen LogP contribution < -0.4 is 26.6 Å². The van der Waals surface area contributed by atoms with Crippen LogP contribution in [0.25, 0.3) is 0 Å². The third-order valence-corrected chi connectivity index (χ3v) is 15.3. The molecular weight excluding hydrogens is 911 g/mol. The molecule has 5 amide bonds. The van der Waals surface area contributed by atoms with Crippen molar-refractivity contribution < 1.29 is 28.7 Å². The lowest BCUT2D eigenvalue weighted by atomic mass is 9.95. The smallest absolute Gasteiger partial charge is 0.247 e. The molecule has 68 heavy (non-hydrogen) atoms. The lowest BCUT2D eigenvalue weighted by molar-refractivity contribution is -0.140. The maximum Gasteiger partial charge on any atom is 0.247 e. The molecule has 360 valence electrons. The van der Waals surface area contributed by atoms with E-state index in [9.17, 15) is 19.2 Å². The Morgan fingerprint density at radius 3 is 1.25 bits per heavy atom. The van der Waals surface area contributed by atoms with Gasteiger partial charge in [0.15, 0.2) is 0 Å². The number of carbonyl (C=O) groups excluding carboxylic acids is 5. The van der Waals surface area contributed by atoms with Crippen LogP contribution in [0.5, 0.6) is 0 Å². The minimum absolute atomic E-state index is 0.117. The van der Waals surface area contributed by atoms with Gasteiger partial charge in [-0.3, -0.25) is 24.0 Å². The Morgan fingerprint density at radius 2 is 0.853 bits per heavy atom. The van der Waals surface area contributed by atoms with Crippen molar-refractivity contribution in [2.45, 2.75) is 93.2 Å². The Morgan fingerprint density at radius 1 is 0.500 bits per heavy atom. The number of ether oxygens (including phenoxy) is 1. The molecule has 5 atom stereocenters. The van der Waals surface area contributed by atoms with E-state index in [1.807, 2.05) is 152 Å². The van der Waals surface area contributed by atoms with E-state index in [0.29, 0.717) is 23.7 Å². The average molecular weight is 976 g/mol. The van der Waals surface area contributed by atoms with E-state index in [1.165, 1.54) is 42.3 Å². The molecule has 0 fully saturated rings. The fourth-order valence-electron chi connectivity index (χ4n) is 7.12. The number of amides is 5. The van der Waals surface area contributed by atoms with Gasteiger partial charge in [-0.15, -0.1) is 0 Å². The summed E-state index contributed by atoms with van der Waals surface area (Å²) < 4.78 is 6.13. The third-order valence-electron chi connectivity index (χ3n) is 11.3. The Bertz CT molecular complexity index is 2350. The minimum atomic E-state index is -1.60. The molecule has 0 aliphatic heterocycles. The lowest BCUT2D eigenvalue weighted by Crippen LogP contribution is -2.70. The molecule has 0 bridgehead atoms. The highest BCUT2D eigenvalue weighted by Gasteiger charge is 2.46. The van der Waals surface area contributed by atoms with E-state index in [2.05, 4.69) is 26.6 Å². The van der Waals surface area contributed by atoms with Crippen LogP contribution in [0.2, 0.25) is 0 Å². The molecule has 0 saturated carbocycles. The Hall–Kier alpha value is -5.54. The Labute approximate surface area is 414 Å². The van der Waals surface area contributed by atoms with Crippen LogP contribution >= 0.6 is 35.3 Å². The number of carbonyl (C=O) groups is 5. The molecule has 0 saturated heterocycles. The molecule has 11 nitrogen and oxygen atoms in total. The highest BCUT2D eigenvalue weighted by atomic mass is 32.2. The molecule has 5 aromatic rings. The third kappa shape index (κ3) is 16.9. The maximum atomic E-state index is 15.1. The van der Waals surface area contributed by atoms with Gasteiger partial charge < -0.3 is 31.3 Å². The van der Waals surface area contributed by atoms with Crippen LogP contribution in [0.3, 0.4) is 0 Å². The molecule has 0 radical (unpaired) electrons. The largest absolute Gasteiger partial charge is 0.371 e. The number of rotatable bonds is 27. The minimum Gasteiger partial charge on any atom is -0.371 e. The number of hydrogen-bond donors (Lipinski definition) is 5. The van der Waals surface area contributed by atoms with Crippen LogP contribution in [0.15, 0.2) is 152 Å². The number of benzene rings is 5. The van der Waals surface area contributed by atoms with Gasteiger partial charge in [0.05, 0.1) is 12.7 Å². The van der Waals surface area contributed by atoms with Gasteiger partial charge in [0.1, 0.15) is 22.7 Å². The highest BCUT2D eigenvalue weighted by Crippen LogP contribution is 2.26. The van der Waals surface area contributed by atoms with E-state index < -0.39 is 52.4 Å². The predicted octanol–water partition coefficient (Wildman–Crippen LogP) is 7.88.